The maximum atomic E-state index is 12.3. The van der Waals surface area contributed by atoms with Crippen LogP contribution in [-0.4, -0.2) is 54.2 Å². The highest BCUT2D eigenvalue weighted by Crippen LogP contribution is 2.25. The summed E-state index contributed by atoms with van der Waals surface area (Å²) in [5.74, 6) is -0.248. The van der Waals surface area contributed by atoms with Crippen molar-refractivity contribution < 1.29 is 14.1 Å². The normalized spacial score (nSPS) is 17.6. The quantitative estimate of drug-likeness (QED) is 0.772. The van der Waals surface area contributed by atoms with Gasteiger partial charge in [0, 0.05) is 43.8 Å². The number of hydrogen-bond acceptors (Lipinski definition) is 6. The number of nitrogens with zero attached hydrogens (tertiary/aromatic N) is 3. The summed E-state index contributed by atoms with van der Waals surface area (Å²) in [6, 6.07) is 8.83. The predicted molar refractivity (Wildman–Crippen MR) is 89.6 cm³/mol. The van der Waals surface area contributed by atoms with E-state index >= 15 is 0 Å². The molecule has 0 aliphatic carbocycles. The molecule has 1 atom stereocenters. The Labute approximate surface area is 145 Å². The lowest BCUT2D eigenvalue weighted by molar-refractivity contribution is -0.148. The highest BCUT2D eigenvalue weighted by Gasteiger charge is 2.31. The van der Waals surface area contributed by atoms with E-state index in [0.717, 1.165) is 44.0 Å². The molecule has 1 aliphatic rings. The lowest BCUT2D eigenvalue weighted by Gasteiger charge is -2.38. The highest BCUT2D eigenvalue weighted by atomic mass is 35.5. The summed E-state index contributed by atoms with van der Waals surface area (Å²) in [6.07, 6.45) is 1.58. The van der Waals surface area contributed by atoms with Crippen LogP contribution in [0.4, 0.5) is 0 Å². The van der Waals surface area contributed by atoms with Crippen molar-refractivity contribution >= 4 is 17.6 Å². The number of piperazine rings is 1. The van der Waals surface area contributed by atoms with Gasteiger partial charge in [0.05, 0.1) is 12.8 Å². The standard InChI is InChI=1S/C17H20ClN3O3/c1-23-17(22)16(13-2-4-14(18)5-3-13)21-9-7-20(8-10-21)12-15-6-11-24-19-15/h2-6,11,16H,7-10,12H2,1H3/t16-/m1/s1. The molecule has 1 aromatic carbocycles. The molecule has 1 aromatic heterocycles. The van der Waals surface area contributed by atoms with Crippen LogP contribution in [0.1, 0.15) is 17.3 Å². The van der Waals surface area contributed by atoms with Gasteiger partial charge in [0.2, 0.25) is 0 Å². The molecule has 1 aliphatic heterocycles. The maximum absolute atomic E-state index is 12.3. The molecule has 24 heavy (non-hydrogen) atoms. The zero-order chi connectivity index (χ0) is 16.9. The first-order chi connectivity index (χ1) is 11.7. The van der Waals surface area contributed by atoms with E-state index in [-0.39, 0.29) is 5.97 Å². The Morgan fingerprint density at radius 1 is 1.25 bits per heavy atom. The minimum absolute atomic E-state index is 0.248. The zero-order valence-corrected chi connectivity index (χ0v) is 14.3. The second-order valence-electron chi connectivity index (χ2n) is 5.78. The fraction of sp³-hybridized carbons (Fsp3) is 0.412. The van der Waals surface area contributed by atoms with Crippen molar-refractivity contribution in [2.45, 2.75) is 12.6 Å². The molecule has 0 radical (unpaired) electrons. The van der Waals surface area contributed by atoms with Crippen LogP contribution in [0.25, 0.3) is 0 Å². The van der Waals surface area contributed by atoms with Gasteiger partial charge in [-0.2, -0.15) is 0 Å². The molecule has 0 amide bonds. The summed E-state index contributed by atoms with van der Waals surface area (Å²) in [7, 11) is 1.42. The Kier molecular flexibility index (Phi) is 5.50. The number of benzene rings is 1. The van der Waals surface area contributed by atoms with E-state index in [2.05, 4.69) is 15.0 Å². The molecule has 3 rings (SSSR count). The largest absolute Gasteiger partial charge is 0.468 e. The van der Waals surface area contributed by atoms with Gasteiger partial charge in [-0.3, -0.25) is 9.80 Å². The average Bonchev–Trinajstić information content (AvgIpc) is 3.11. The lowest BCUT2D eigenvalue weighted by atomic mass is 10.0. The maximum Gasteiger partial charge on any atom is 0.327 e. The molecule has 2 heterocycles. The number of methoxy groups -OCH3 is 1. The first-order valence-electron chi connectivity index (χ1n) is 7.86. The molecule has 128 valence electrons. The van der Waals surface area contributed by atoms with E-state index in [1.165, 1.54) is 7.11 Å². The Bertz CT molecular complexity index is 652. The Morgan fingerprint density at radius 2 is 1.96 bits per heavy atom. The molecule has 0 N–H and O–H groups in total. The molecule has 1 saturated heterocycles. The Balaban J connectivity index is 1.66. The SMILES string of the molecule is COC(=O)[C@@H](c1ccc(Cl)cc1)N1CCN(Cc2ccon2)CC1. The van der Waals surface area contributed by atoms with Gasteiger partial charge in [-0.1, -0.05) is 28.9 Å². The van der Waals surface area contributed by atoms with Crippen molar-refractivity contribution in [3.05, 3.63) is 52.9 Å². The molecule has 6 nitrogen and oxygen atoms in total. The van der Waals surface area contributed by atoms with Crippen molar-refractivity contribution in [3.8, 4) is 0 Å². The van der Waals surface area contributed by atoms with Crippen LogP contribution < -0.4 is 0 Å². The average molecular weight is 350 g/mol. The van der Waals surface area contributed by atoms with Crippen LogP contribution in [0, 0.1) is 0 Å². The number of carbonyl (C=O) groups excluding carboxylic acids is 1. The molecule has 7 heteroatoms. The molecule has 0 bridgehead atoms. The minimum Gasteiger partial charge on any atom is -0.468 e. The van der Waals surface area contributed by atoms with Crippen molar-refractivity contribution in [3.63, 3.8) is 0 Å². The Hall–Kier alpha value is -1.89. The third kappa shape index (κ3) is 3.95. The van der Waals surface area contributed by atoms with Crippen molar-refractivity contribution in [2.24, 2.45) is 0 Å². The van der Waals surface area contributed by atoms with E-state index in [9.17, 15) is 4.79 Å². The second kappa shape index (κ2) is 7.79. The predicted octanol–water partition coefficient (Wildman–Crippen LogP) is 2.36. The summed E-state index contributed by atoms with van der Waals surface area (Å²) in [5, 5.41) is 4.60. The summed E-state index contributed by atoms with van der Waals surface area (Å²) in [4.78, 5) is 16.7. The fourth-order valence-electron chi connectivity index (χ4n) is 2.98. The lowest BCUT2D eigenvalue weighted by Crippen LogP contribution is -2.49. The number of rotatable bonds is 5. The third-order valence-corrected chi connectivity index (χ3v) is 4.51. The number of ether oxygens (including phenoxy) is 1. The first-order valence-corrected chi connectivity index (χ1v) is 8.24. The molecular formula is C17H20ClN3O3. The highest BCUT2D eigenvalue weighted by molar-refractivity contribution is 6.30. The van der Waals surface area contributed by atoms with E-state index in [1.807, 2.05) is 18.2 Å². The minimum atomic E-state index is -0.401. The summed E-state index contributed by atoms with van der Waals surface area (Å²) < 4.78 is 9.88. The first kappa shape index (κ1) is 17.0. The van der Waals surface area contributed by atoms with Crippen LogP contribution in [-0.2, 0) is 16.1 Å². The van der Waals surface area contributed by atoms with Crippen molar-refractivity contribution in [1.29, 1.82) is 0 Å². The zero-order valence-electron chi connectivity index (χ0n) is 13.5. The smallest absolute Gasteiger partial charge is 0.327 e. The van der Waals surface area contributed by atoms with Gasteiger partial charge in [-0.15, -0.1) is 0 Å². The van der Waals surface area contributed by atoms with Gasteiger partial charge in [-0.05, 0) is 17.7 Å². The number of carbonyl (C=O) groups is 1. The Morgan fingerprint density at radius 3 is 2.54 bits per heavy atom. The second-order valence-corrected chi connectivity index (χ2v) is 6.22. The van der Waals surface area contributed by atoms with Gasteiger partial charge >= 0.3 is 5.97 Å². The number of hydrogen-bond donors (Lipinski definition) is 0. The van der Waals surface area contributed by atoms with Crippen LogP contribution in [0.5, 0.6) is 0 Å². The molecule has 2 aromatic rings. The number of aromatic nitrogens is 1. The molecule has 0 unspecified atom stereocenters. The van der Waals surface area contributed by atoms with E-state index in [0.29, 0.717) is 5.02 Å². The van der Waals surface area contributed by atoms with Crippen LogP contribution >= 0.6 is 11.6 Å². The van der Waals surface area contributed by atoms with E-state index < -0.39 is 6.04 Å². The summed E-state index contributed by atoms with van der Waals surface area (Å²) in [5.41, 5.74) is 1.82. The third-order valence-electron chi connectivity index (χ3n) is 4.26. The number of halogens is 1. The van der Waals surface area contributed by atoms with Crippen molar-refractivity contribution in [2.75, 3.05) is 33.3 Å². The molecule has 0 saturated carbocycles. The van der Waals surface area contributed by atoms with Crippen molar-refractivity contribution in [1.82, 2.24) is 15.0 Å². The topological polar surface area (TPSA) is 58.8 Å². The van der Waals surface area contributed by atoms with E-state index in [4.69, 9.17) is 20.9 Å². The van der Waals surface area contributed by atoms with Crippen LogP contribution in [0.2, 0.25) is 5.02 Å². The monoisotopic (exact) mass is 349 g/mol. The summed E-state index contributed by atoms with van der Waals surface area (Å²) in [6.45, 7) is 4.02. The van der Waals surface area contributed by atoms with Crippen LogP contribution in [0.15, 0.2) is 41.1 Å². The number of esters is 1. The molecule has 0 spiro atoms. The summed E-state index contributed by atoms with van der Waals surface area (Å²) >= 11 is 5.95. The van der Waals surface area contributed by atoms with Gasteiger partial charge in [-0.25, -0.2) is 4.79 Å². The van der Waals surface area contributed by atoms with Gasteiger partial charge in [0.15, 0.2) is 0 Å². The van der Waals surface area contributed by atoms with Gasteiger partial charge in [0.1, 0.15) is 12.3 Å². The van der Waals surface area contributed by atoms with Crippen LogP contribution in [0.3, 0.4) is 0 Å². The molecular weight excluding hydrogens is 330 g/mol. The van der Waals surface area contributed by atoms with Gasteiger partial charge in [0.25, 0.3) is 0 Å². The fourth-order valence-corrected chi connectivity index (χ4v) is 3.11. The van der Waals surface area contributed by atoms with E-state index in [1.54, 1.807) is 18.4 Å². The molecule has 1 fully saturated rings. The van der Waals surface area contributed by atoms with Gasteiger partial charge < -0.3 is 9.26 Å².